The molecule has 0 aromatic rings. The molecule has 72 valence electrons. The van der Waals surface area contributed by atoms with Gasteiger partial charge in [0.2, 0.25) is 11.8 Å². The van der Waals surface area contributed by atoms with Gasteiger partial charge in [-0.1, -0.05) is 13.0 Å². The van der Waals surface area contributed by atoms with Gasteiger partial charge in [0.25, 0.3) is 0 Å². The number of piperidine rings is 1. The molecule has 1 aliphatic rings. The molecule has 3 nitrogen and oxygen atoms in total. The van der Waals surface area contributed by atoms with Crippen molar-refractivity contribution in [2.45, 2.75) is 32.6 Å². The molecule has 13 heavy (non-hydrogen) atoms. The van der Waals surface area contributed by atoms with E-state index in [1.807, 2.05) is 6.92 Å². The Balaban J connectivity index is 2.80. The van der Waals surface area contributed by atoms with Gasteiger partial charge in [-0.3, -0.25) is 14.9 Å². The third-order valence-corrected chi connectivity index (χ3v) is 2.78. The summed E-state index contributed by atoms with van der Waals surface area (Å²) in [5, 5.41) is 2.38. The molecule has 3 heteroatoms. The van der Waals surface area contributed by atoms with Gasteiger partial charge in [0, 0.05) is 6.42 Å². The van der Waals surface area contributed by atoms with E-state index >= 15 is 0 Å². The van der Waals surface area contributed by atoms with Crippen LogP contribution in [0.25, 0.3) is 0 Å². The highest BCUT2D eigenvalue weighted by molar-refractivity contribution is 6.00. The normalized spacial score (nSPS) is 28.4. The van der Waals surface area contributed by atoms with Gasteiger partial charge in [-0.25, -0.2) is 0 Å². The Kier molecular flexibility index (Phi) is 2.86. The summed E-state index contributed by atoms with van der Waals surface area (Å²) in [7, 11) is 0. The van der Waals surface area contributed by atoms with E-state index in [1.54, 1.807) is 6.08 Å². The van der Waals surface area contributed by atoms with E-state index in [9.17, 15) is 9.59 Å². The summed E-state index contributed by atoms with van der Waals surface area (Å²) in [6, 6.07) is 0. The summed E-state index contributed by atoms with van der Waals surface area (Å²) in [6.07, 6.45) is 4.27. The maximum atomic E-state index is 11.6. The summed E-state index contributed by atoms with van der Waals surface area (Å²) in [4.78, 5) is 22.5. The molecule has 0 saturated carbocycles. The van der Waals surface area contributed by atoms with Crippen LogP contribution in [-0.4, -0.2) is 11.8 Å². The van der Waals surface area contributed by atoms with Gasteiger partial charge in [0.1, 0.15) is 0 Å². The first-order valence-corrected chi connectivity index (χ1v) is 4.60. The van der Waals surface area contributed by atoms with Crippen LogP contribution in [-0.2, 0) is 9.59 Å². The van der Waals surface area contributed by atoms with Gasteiger partial charge in [0.05, 0.1) is 5.41 Å². The van der Waals surface area contributed by atoms with Crippen LogP contribution in [0.4, 0.5) is 0 Å². The zero-order valence-corrected chi connectivity index (χ0v) is 7.93. The standard InChI is InChI=1S/C10H15NO2/c1-3-6-10(4-2)7-5-8(12)11-9(10)13/h3H,1,4-7H2,2H3,(H,11,12,13)/t10-/m1/s1. The number of allylic oxidation sites excluding steroid dienone is 1. The maximum Gasteiger partial charge on any atom is 0.233 e. The molecule has 1 atom stereocenters. The Labute approximate surface area is 78.2 Å². The monoisotopic (exact) mass is 181 g/mol. The van der Waals surface area contributed by atoms with Crippen LogP contribution in [0.1, 0.15) is 32.6 Å². The molecule has 1 aliphatic heterocycles. The zero-order chi connectivity index (χ0) is 9.90. The van der Waals surface area contributed by atoms with Gasteiger partial charge in [0.15, 0.2) is 0 Å². The third-order valence-electron chi connectivity index (χ3n) is 2.78. The predicted molar refractivity (Wildman–Crippen MR) is 49.9 cm³/mol. The second-order valence-electron chi connectivity index (χ2n) is 3.50. The number of nitrogens with one attached hydrogen (secondary N) is 1. The molecule has 1 rings (SSSR count). The Morgan fingerprint density at radius 1 is 1.62 bits per heavy atom. The van der Waals surface area contributed by atoms with E-state index in [4.69, 9.17) is 0 Å². The molecular weight excluding hydrogens is 166 g/mol. The van der Waals surface area contributed by atoms with Crippen LogP contribution >= 0.6 is 0 Å². The largest absolute Gasteiger partial charge is 0.296 e. The van der Waals surface area contributed by atoms with E-state index in [0.29, 0.717) is 19.3 Å². The smallest absolute Gasteiger partial charge is 0.233 e. The minimum atomic E-state index is -0.379. The fourth-order valence-electron chi connectivity index (χ4n) is 1.74. The minimum Gasteiger partial charge on any atom is -0.296 e. The predicted octanol–water partition coefficient (Wildman–Crippen LogP) is 1.40. The van der Waals surface area contributed by atoms with E-state index < -0.39 is 0 Å². The molecular formula is C10H15NO2. The molecule has 0 aromatic heterocycles. The number of hydrogen-bond acceptors (Lipinski definition) is 2. The highest BCUT2D eigenvalue weighted by atomic mass is 16.2. The number of carbonyl (C=O) groups excluding carboxylic acids is 2. The van der Waals surface area contributed by atoms with Crippen molar-refractivity contribution in [1.82, 2.24) is 5.32 Å². The first kappa shape index (κ1) is 9.96. The zero-order valence-electron chi connectivity index (χ0n) is 7.93. The fourth-order valence-corrected chi connectivity index (χ4v) is 1.74. The Morgan fingerprint density at radius 3 is 2.77 bits per heavy atom. The van der Waals surface area contributed by atoms with Crippen LogP contribution in [0.5, 0.6) is 0 Å². The van der Waals surface area contributed by atoms with Crippen LogP contribution in [0.3, 0.4) is 0 Å². The molecule has 0 radical (unpaired) electrons. The van der Waals surface area contributed by atoms with E-state index in [0.717, 1.165) is 6.42 Å². The maximum absolute atomic E-state index is 11.6. The lowest BCUT2D eigenvalue weighted by atomic mass is 9.75. The summed E-state index contributed by atoms with van der Waals surface area (Å²) >= 11 is 0. The average Bonchev–Trinajstić information content (AvgIpc) is 2.11. The van der Waals surface area contributed by atoms with Gasteiger partial charge >= 0.3 is 0 Å². The van der Waals surface area contributed by atoms with Crippen molar-refractivity contribution in [1.29, 1.82) is 0 Å². The van der Waals surface area contributed by atoms with Gasteiger partial charge in [-0.05, 0) is 19.3 Å². The molecule has 0 bridgehead atoms. The lowest BCUT2D eigenvalue weighted by molar-refractivity contribution is -0.142. The lowest BCUT2D eigenvalue weighted by Crippen LogP contribution is -2.48. The summed E-state index contributed by atoms with van der Waals surface area (Å²) in [5.41, 5.74) is -0.379. The summed E-state index contributed by atoms with van der Waals surface area (Å²) < 4.78 is 0. The van der Waals surface area contributed by atoms with Crippen LogP contribution in [0.15, 0.2) is 12.7 Å². The van der Waals surface area contributed by atoms with Crippen molar-refractivity contribution in [3.05, 3.63) is 12.7 Å². The third kappa shape index (κ3) is 1.79. The summed E-state index contributed by atoms with van der Waals surface area (Å²) in [6.45, 7) is 5.61. The molecule has 0 spiro atoms. The summed E-state index contributed by atoms with van der Waals surface area (Å²) in [5.74, 6) is -0.288. The van der Waals surface area contributed by atoms with Gasteiger partial charge in [-0.2, -0.15) is 0 Å². The number of carbonyl (C=O) groups is 2. The van der Waals surface area contributed by atoms with E-state index in [2.05, 4.69) is 11.9 Å². The Morgan fingerprint density at radius 2 is 2.31 bits per heavy atom. The molecule has 1 fully saturated rings. The van der Waals surface area contributed by atoms with Crippen molar-refractivity contribution < 1.29 is 9.59 Å². The Bertz CT molecular complexity index is 247. The van der Waals surface area contributed by atoms with E-state index in [-0.39, 0.29) is 17.2 Å². The lowest BCUT2D eigenvalue weighted by Gasteiger charge is -2.33. The number of hydrogen-bond donors (Lipinski definition) is 1. The SMILES string of the molecule is C=CC[C@]1(CC)CCC(=O)NC1=O. The van der Waals surface area contributed by atoms with Crippen LogP contribution < -0.4 is 5.32 Å². The van der Waals surface area contributed by atoms with Crippen molar-refractivity contribution in [3.8, 4) is 0 Å². The topological polar surface area (TPSA) is 46.2 Å². The number of imide groups is 1. The number of rotatable bonds is 3. The minimum absolute atomic E-state index is 0.133. The second-order valence-corrected chi connectivity index (χ2v) is 3.50. The number of amides is 2. The first-order valence-electron chi connectivity index (χ1n) is 4.60. The molecule has 2 amide bonds. The molecule has 1 heterocycles. The highest BCUT2D eigenvalue weighted by Gasteiger charge is 2.39. The fraction of sp³-hybridized carbons (Fsp3) is 0.600. The van der Waals surface area contributed by atoms with Crippen LogP contribution in [0, 0.1) is 5.41 Å². The quantitative estimate of drug-likeness (QED) is 0.528. The molecule has 0 aromatic carbocycles. The first-order chi connectivity index (χ1) is 6.14. The Hall–Kier alpha value is -1.12. The molecule has 0 unspecified atom stereocenters. The molecule has 1 saturated heterocycles. The van der Waals surface area contributed by atoms with Crippen molar-refractivity contribution >= 4 is 11.8 Å². The van der Waals surface area contributed by atoms with Gasteiger partial charge in [-0.15, -0.1) is 6.58 Å². The van der Waals surface area contributed by atoms with Crippen molar-refractivity contribution in [3.63, 3.8) is 0 Å². The van der Waals surface area contributed by atoms with Gasteiger partial charge < -0.3 is 0 Å². The molecule has 1 N–H and O–H groups in total. The van der Waals surface area contributed by atoms with E-state index in [1.165, 1.54) is 0 Å². The second kappa shape index (κ2) is 3.73. The van der Waals surface area contributed by atoms with Crippen LogP contribution in [0.2, 0.25) is 0 Å². The highest BCUT2D eigenvalue weighted by Crippen LogP contribution is 2.35. The average molecular weight is 181 g/mol. The molecule has 0 aliphatic carbocycles. The van der Waals surface area contributed by atoms with Crippen molar-refractivity contribution in [2.24, 2.45) is 5.41 Å². The van der Waals surface area contributed by atoms with Crippen molar-refractivity contribution in [2.75, 3.05) is 0 Å².